The van der Waals surface area contributed by atoms with Crippen LogP contribution in [0.2, 0.25) is 0 Å². The van der Waals surface area contributed by atoms with E-state index in [2.05, 4.69) is 5.32 Å². The van der Waals surface area contributed by atoms with E-state index >= 15 is 0 Å². The van der Waals surface area contributed by atoms with Crippen molar-refractivity contribution in [3.63, 3.8) is 0 Å². The van der Waals surface area contributed by atoms with E-state index in [1.54, 1.807) is 0 Å². The summed E-state index contributed by atoms with van der Waals surface area (Å²) in [5, 5.41) is 2.97. The van der Waals surface area contributed by atoms with Gasteiger partial charge in [-0.05, 0) is 49.9 Å². The highest BCUT2D eigenvalue weighted by Gasteiger charge is 2.34. The first kappa shape index (κ1) is 16.4. The summed E-state index contributed by atoms with van der Waals surface area (Å²) in [7, 11) is -3.01. The summed E-state index contributed by atoms with van der Waals surface area (Å²) < 4.78 is 49.4. The van der Waals surface area contributed by atoms with E-state index in [-0.39, 0.29) is 11.3 Å². The monoisotopic (exact) mass is 317 g/mol. The molecule has 1 aromatic carbocycles. The van der Waals surface area contributed by atoms with Gasteiger partial charge in [0.25, 0.3) is 0 Å². The number of nitrogens with one attached hydrogen (secondary N) is 1. The number of hydrogen-bond donors (Lipinski definition) is 1. The van der Waals surface area contributed by atoms with Gasteiger partial charge in [-0.25, -0.2) is 17.2 Å². The molecule has 1 aliphatic rings. The van der Waals surface area contributed by atoms with Gasteiger partial charge >= 0.3 is 0 Å². The fourth-order valence-electron chi connectivity index (χ4n) is 3.01. The maximum Gasteiger partial charge on any atom is 0.151 e. The van der Waals surface area contributed by atoms with Crippen LogP contribution in [0.3, 0.4) is 0 Å². The van der Waals surface area contributed by atoms with Gasteiger partial charge in [-0.2, -0.15) is 0 Å². The molecular formula is C15H21F2NO2S. The van der Waals surface area contributed by atoms with E-state index in [9.17, 15) is 17.2 Å². The molecule has 0 bridgehead atoms. The zero-order valence-electron chi connectivity index (χ0n) is 12.1. The quantitative estimate of drug-likeness (QED) is 0.820. The third kappa shape index (κ3) is 4.74. The summed E-state index contributed by atoms with van der Waals surface area (Å²) in [4.78, 5) is 0. The van der Waals surface area contributed by atoms with E-state index in [1.807, 2.05) is 0 Å². The van der Waals surface area contributed by atoms with Crippen LogP contribution in [0, 0.1) is 11.6 Å². The van der Waals surface area contributed by atoms with Crippen molar-refractivity contribution in [3.8, 4) is 0 Å². The third-order valence-electron chi connectivity index (χ3n) is 3.97. The Balaban J connectivity index is 1.79. The van der Waals surface area contributed by atoms with Gasteiger partial charge in [0.05, 0.1) is 5.25 Å². The summed E-state index contributed by atoms with van der Waals surface area (Å²) in [6.07, 6.45) is 5.07. The van der Waals surface area contributed by atoms with Crippen molar-refractivity contribution in [1.29, 1.82) is 0 Å². The van der Waals surface area contributed by atoms with Crippen molar-refractivity contribution in [2.75, 3.05) is 12.8 Å². The molecule has 1 aromatic rings. The van der Waals surface area contributed by atoms with Crippen LogP contribution < -0.4 is 5.32 Å². The zero-order valence-corrected chi connectivity index (χ0v) is 12.9. The minimum absolute atomic E-state index is 0.00393. The Labute approximate surface area is 124 Å². The van der Waals surface area contributed by atoms with E-state index in [4.69, 9.17) is 0 Å². The van der Waals surface area contributed by atoms with Gasteiger partial charge in [-0.3, -0.25) is 0 Å². The lowest BCUT2D eigenvalue weighted by Gasteiger charge is -2.19. The van der Waals surface area contributed by atoms with Gasteiger partial charge in [-0.1, -0.05) is 6.42 Å². The van der Waals surface area contributed by atoms with Gasteiger partial charge in [-0.15, -0.1) is 0 Å². The number of halogens is 2. The third-order valence-corrected chi connectivity index (χ3v) is 5.64. The maximum atomic E-state index is 13.0. The summed E-state index contributed by atoms with van der Waals surface area (Å²) in [6, 6.07) is 3.52. The predicted octanol–water partition coefficient (Wildman–Crippen LogP) is 2.45. The highest BCUT2D eigenvalue weighted by molar-refractivity contribution is 7.91. The fourth-order valence-corrected chi connectivity index (χ4v) is 4.43. The molecule has 1 N–H and O–H groups in total. The summed E-state index contributed by atoms with van der Waals surface area (Å²) in [6.45, 7) is 0.648. The van der Waals surface area contributed by atoms with Crippen molar-refractivity contribution >= 4 is 9.84 Å². The highest BCUT2D eigenvalue weighted by Crippen LogP contribution is 2.25. The average Bonchev–Trinajstić information content (AvgIpc) is 2.81. The van der Waals surface area contributed by atoms with Crippen LogP contribution in [0.15, 0.2) is 18.2 Å². The second kappa shape index (κ2) is 6.83. The Kier molecular flexibility index (Phi) is 5.32. The Bertz CT molecular complexity index is 569. The highest BCUT2D eigenvalue weighted by atomic mass is 32.2. The van der Waals surface area contributed by atoms with E-state index in [1.165, 1.54) is 18.4 Å². The largest absolute Gasteiger partial charge is 0.313 e. The SMILES string of the molecule is CS(=O)(=O)[C@@H]1CCC[C@@H]1NCCCc1cc(F)cc(F)c1. The van der Waals surface area contributed by atoms with Gasteiger partial charge in [0.2, 0.25) is 0 Å². The van der Waals surface area contributed by atoms with E-state index in [0.717, 1.165) is 25.3 Å². The molecule has 0 unspecified atom stereocenters. The minimum Gasteiger partial charge on any atom is -0.313 e. The molecule has 6 heteroatoms. The number of aryl methyl sites for hydroxylation is 1. The van der Waals surface area contributed by atoms with Crippen molar-refractivity contribution in [2.45, 2.75) is 43.4 Å². The molecule has 1 fully saturated rings. The second-order valence-electron chi connectivity index (χ2n) is 5.74. The van der Waals surface area contributed by atoms with Crippen LogP contribution in [-0.4, -0.2) is 32.5 Å². The number of benzene rings is 1. The van der Waals surface area contributed by atoms with E-state index < -0.39 is 21.5 Å². The Hall–Kier alpha value is -1.01. The molecule has 0 aliphatic heterocycles. The Morgan fingerprint density at radius 1 is 1.19 bits per heavy atom. The van der Waals surface area contributed by atoms with Crippen molar-refractivity contribution in [2.24, 2.45) is 0 Å². The standard InChI is InChI=1S/C15H21F2NO2S/c1-21(19,20)15-6-2-5-14(15)18-7-3-4-11-8-12(16)10-13(17)9-11/h8-10,14-15,18H,2-7H2,1H3/t14-,15+/m0/s1. The van der Waals surface area contributed by atoms with Crippen LogP contribution in [0.5, 0.6) is 0 Å². The van der Waals surface area contributed by atoms with E-state index in [0.29, 0.717) is 24.9 Å². The molecular weight excluding hydrogens is 296 g/mol. The maximum absolute atomic E-state index is 13.0. The molecule has 0 heterocycles. The number of sulfone groups is 1. The first-order valence-corrected chi connectivity index (χ1v) is 9.19. The van der Waals surface area contributed by atoms with Gasteiger partial charge < -0.3 is 5.32 Å². The summed E-state index contributed by atoms with van der Waals surface area (Å²) >= 11 is 0. The lowest BCUT2D eigenvalue weighted by Crippen LogP contribution is -2.40. The van der Waals surface area contributed by atoms with Crippen molar-refractivity contribution in [3.05, 3.63) is 35.4 Å². The van der Waals surface area contributed by atoms with Crippen LogP contribution in [0.25, 0.3) is 0 Å². The second-order valence-corrected chi connectivity index (χ2v) is 8.01. The van der Waals surface area contributed by atoms with Crippen molar-refractivity contribution < 1.29 is 17.2 Å². The zero-order chi connectivity index (χ0) is 15.5. The van der Waals surface area contributed by atoms with Crippen molar-refractivity contribution in [1.82, 2.24) is 5.32 Å². The summed E-state index contributed by atoms with van der Waals surface area (Å²) in [5.41, 5.74) is 0.625. The summed E-state index contributed by atoms with van der Waals surface area (Å²) in [5.74, 6) is -1.13. The molecule has 3 nitrogen and oxygen atoms in total. The number of rotatable bonds is 6. The molecule has 1 aliphatic carbocycles. The predicted molar refractivity (Wildman–Crippen MR) is 79.0 cm³/mol. The molecule has 0 saturated heterocycles. The topological polar surface area (TPSA) is 46.2 Å². The lowest BCUT2D eigenvalue weighted by atomic mass is 10.1. The molecule has 2 rings (SSSR count). The Morgan fingerprint density at radius 2 is 1.86 bits per heavy atom. The lowest BCUT2D eigenvalue weighted by molar-refractivity contribution is 0.500. The van der Waals surface area contributed by atoms with Gasteiger partial charge in [0.1, 0.15) is 11.6 Å². The van der Waals surface area contributed by atoms with Crippen LogP contribution in [0.4, 0.5) is 8.78 Å². The first-order valence-electron chi connectivity index (χ1n) is 7.23. The molecule has 0 amide bonds. The van der Waals surface area contributed by atoms with Crippen LogP contribution >= 0.6 is 0 Å². The fraction of sp³-hybridized carbons (Fsp3) is 0.600. The molecule has 2 atom stereocenters. The smallest absolute Gasteiger partial charge is 0.151 e. The molecule has 1 saturated carbocycles. The molecule has 0 aromatic heterocycles. The van der Waals surface area contributed by atoms with Crippen LogP contribution in [0.1, 0.15) is 31.2 Å². The Morgan fingerprint density at radius 3 is 2.48 bits per heavy atom. The van der Waals surface area contributed by atoms with Gasteiger partial charge in [0, 0.05) is 18.4 Å². The first-order chi connectivity index (χ1) is 9.86. The minimum atomic E-state index is -3.01. The van der Waals surface area contributed by atoms with Crippen LogP contribution in [-0.2, 0) is 16.3 Å². The van der Waals surface area contributed by atoms with Gasteiger partial charge in [0.15, 0.2) is 9.84 Å². The molecule has 0 radical (unpaired) electrons. The molecule has 21 heavy (non-hydrogen) atoms. The molecule has 0 spiro atoms. The average molecular weight is 317 g/mol. The molecule has 118 valence electrons. The normalized spacial score (nSPS) is 22.6. The number of hydrogen-bond acceptors (Lipinski definition) is 3.